The van der Waals surface area contributed by atoms with Gasteiger partial charge in [0.05, 0.1) is 17.6 Å². The van der Waals surface area contributed by atoms with Crippen molar-refractivity contribution in [2.45, 2.75) is 88.5 Å². The number of halogens is 8. The molecule has 2 aliphatic carbocycles. The zero-order valence-electron chi connectivity index (χ0n) is 22.1. The van der Waals surface area contributed by atoms with Crippen molar-refractivity contribution in [3.8, 4) is 5.75 Å². The largest absolute Gasteiger partial charge is 0.489 e. The molecular formula is C30H32F8O2. The maximum atomic E-state index is 15.1. The lowest BCUT2D eigenvalue weighted by atomic mass is 9.77. The normalized spacial score (nSPS) is 24.4. The Morgan fingerprint density at radius 2 is 1.38 bits per heavy atom. The van der Waals surface area contributed by atoms with Gasteiger partial charge in [-0.05, 0) is 87.8 Å². The Morgan fingerprint density at radius 1 is 0.775 bits per heavy atom. The third-order valence-corrected chi connectivity index (χ3v) is 8.01. The Morgan fingerprint density at radius 3 is 1.93 bits per heavy atom. The average Bonchev–Trinajstić information content (AvgIpc) is 2.88. The molecule has 0 N–H and O–H groups in total. The predicted molar refractivity (Wildman–Crippen MR) is 134 cm³/mol. The van der Waals surface area contributed by atoms with E-state index < -0.39 is 53.2 Å². The van der Waals surface area contributed by atoms with Gasteiger partial charge in [-0.2, -0.15) is 22.0 Å². The summed E-state index contributed by atoms with van der Waals surface area (Å²) in [5, 5.41) is 0. The topological polar surface area (TPSA) is 18.5 Å². The molecule has 4 rings (SSSR count). The number of allylic oxidation sites excluding steroid dienone is 1. The fourth-order valence-corrected chi connectivity index (χ4v) is 5.84. The second-order valence-corrected chi connectivity index (χ2v) is 10.6. The standard InChI is InChI=1S/C30H32F8O2/c1-2-3-14-39-23-16-26(32)28(27(33)17-23)19-4-9-21(10-5-19)30(37,38)40-22-11-6-18(7-12-22)20-8-13-24(25(31)15-20)29(34,35)36/h2-3,8,13,15-19,21-22H,4-7,9-12,14H2,1H3/b3-2+. The average molecular weight is 577 g/mol. The Kier molecular flexibility index (Phi) is 9.47. The van der Waals surface area contributed by atoms with E-state index in [2.05, 4.69) is 0 Å². The fraction of sp³-hybridized carbons (Fsp3) is 0.533. The number of benzene rings is 2. The second-order valence-electron chi connectivity index (χ2n) is 10.6. The molecule has 10 heteroatoms. The number of hydrogen-bond acceptors (Lipinski definition) is 2. The minimum absolute atomic E-state index is 0.0380. The van der Waals surface area contributed by atoms with E-state index in [0.29, 0.717) is 24.5 Å². The van der Waals surface area contributed by atoms with Crippen LogP contribution in [0.4, 0.5) is 35.1 Å². The molecule has 2 nitrogen and oxygen atoms in total. The quantitative estimate of drug-likeness (QED) is 0.230. The summed E-state index contributed by atoms with van der Waals surface area (Å²) in [5.74, 6) is -4.68. The minimum Gasteiger partial charge on any atom is -0.489 e. The summed E-state index contributed by atoms with van der Waals surface area (Å²) < 4.78 is 122. The molecule has 2 saturated carbocycles. The number of hydrogen-bond donors (Lipinski definition) is 0. The maximum absolute atomic E-state index is 15.1. The molecule has 0 heterocycles. The molecule has 2 aromatic rings. The molecule has 2 fully saturated rings. The highest BCUT2D eigenvalue weighted by Gasteiger charge is 2.45. The molecule has 2 aromatic carbocycles. The highest BCUT2D eigenvalue weighted by atomic mass is 19.4. The molecule has 0 saturated heterocycles. The number of rotatable bonds is 8. The molecule has 0 aromatic heterocycles. The van der Waals surface area contributed by atoms with Crippen molar-refractivity contribution in [3.63, 3.8) is 0 Å². The third kappa shape index (κ3) is 7.17. The molecule has 2 aliphatic rings. The highest BCUT2D eigenvalue weighted by molar-refractivity contribution is 5.33. The Labute approximate surface area is 228 Å². The van der Waals surface area contributed by atoms with Crippen LogP contribution in [0.5, 0.6) is 5.75 Å². The first-order chi connectivity index (χ1) is 18.9. The SMILES string of the molecule is C/C=C/COc1cc(F)c(C2CCC(C(F)(F)OC3CCC(c4ccc(C(F)(F)F)c(F)c4)CC3)CC2)c(F)c1. The van der Waals surface area contributed by atoms with Gasteiger partial charge in [0, 0.05) is 17.7 Å². The summed E-state index contributed by atoms with van der Waals surface area (Å²) in [6.07, 6.45) is -3.79. The molecule has 0 spiro atoms. The van der Waals surface area contributed by atoms with Crippen LogP contribution in [-0.2, 0) is 10.9 Å². The highest BCUT2D eigenvalue weighted by Crippen LogP contribution is 2.46. The molecular weight excluding hydrogens is 544 g/mol. The van der Waals surface area contributed by atoms with E-state index in [1.807, 2.05) is 0 Å². The first-order valence-corrected chi connectivity index (χ1v) is 13.5. The summed E-state index contributed by atoms with van der Waals surface area (Å²) >= 11 is 0. The van der Waals surface area contributed by atoms with Gasteiger partial charge in [0.1, 0.15) is 29.8 Å². The van der Waals surface area contributed by atoms with Crippen LogP contribution in [0.25, 0.3) is 0 Å². The summed E-state index contributed by atoms with van der Waals surface area (Å²) in [6, 6.07) is 5.05. The second kappa shape index (κ2) is 12.5. The summed E-state index contributed by atoms with van der Waals surface area (Å²) in [4.78, 5) is 0. The van der Waals surface area contributed by atoms with Gasteiger partial charge in [0.15, 0.2) is 0 Å². The van der Waals surface area contributed by atoms with Crippen molar-refractivity contribution in [2.24, 2.45) is 5.92 Å². The van der Waals surface area contributed by atoms with Crippen LogP contribution in [0, 0.1) is 23.4 Å². The smallest absolute Gasteiger partial charge is 0.419 e. The lowest BCUT2D eigenvalue weighted by Gasteiger charge is -2.37. The number of alkyl halides is 5. The van der Waals surface area contributed by atoms with Gasteiger partial charge in [-0.3, -0.25) is 0 Å². The summed E-state index contributed by atoms with van der Waals surface area (Å²) in [7, 11) is 0. The Balaban J connectivity index is 1.29. The van der Waals surface area contributed by atoms with Crippen LogP contribution in [-0.4, -0.2) is 18.8 Å². The van der Waals surface area contributed by atoms with E-state index in [0.717, 1.165) is 18.2 Å². The van der Waals surface area contributed by atoms with E-state index in [4.69, 9.17) is 9.47 Å². The van der Waals surface area contributed by atoms with Crippen molar-refractivity contribution in [1.82, 2.24) is 0 Å². The lowest BCUT2D eigenvalue weighted by Crippen LogP contribution is -2.38. The van der Waals surface area contributed by atoms with E-state index >= 15 is 8.78 Å². The monoisotopic (exact) mass is 576 g/mol. The Bertz CT molecular complexity index is 1150. The molecule has 0 amide bonds. The molecule has 0 aliphatic heterocycles. The molecule has 220 valence electrons. The molecule has 0 atom stereocenters. The van der Waals surface area contributed by atoms with Crippen LogP contribution in [0.2, 0.25) is 0 Å². The van der Waals surface area contributed by atoms with Crippen molar-refractivity contribution >= 4 is 0 Å². The van der Waals surface area contributed by atoms with Crippen molar-refractivity contribution < 1.29 is 44.6 Å². The molecule has 0 radical (unpaired) electrons. The van der Waals surface area contributed by atoms with Crippen LogP contribution >= 0.6 is 0 Å². The van der Waals surface area contributed by atoms with E-state index in [9.17, 15) is 26.3 Å². The fourth-order valence-electron chi connectivity index (χ4n) is 5.84. The van der Waals surface area contributed by atoms with E-state index in [1.165, 1.54) is 6.07 Å². The summed E-state index contributed by atoms with van der Waals surface area (Å²) in [6.45, 7) is 1.96. The van der Waals surface area contributed by atoms with Gasteiger partial charge >= 0.3 is 12.3 Å². The van der Waals surface area contributed by atoms with Gasteiger partial charge in [0.25, 0.3) is 0 Å². The zero-order valence-corrected chi connectivity index (χ0v) is 22.1. The Hall–Kier alpha value is -2.62. The van der Waals surface area contributed by atoms with Gasteiger partial charge < -0.3 is 9.47 Å². The van der Waals surface area contributed by atoms with Gasteiger partial charge in [0.2, 0.25) is 0 Å². The van der Waals surface area contributed by atoms with Gasteiger partial charge in [-0.1, -0.05) is 18.2 Å². The predicted octanol–water partition coefficient (Wildman–Crippen LogP) is 9.69. The maximum Gasteiger partial charge on any atom is 0.419 e. The first-order valence-electron chi connectivity index (χ1n) is 13.5. The zero-order chi connectivity index (χ0) is 29.1. The van der Waals surface area contributed by atoms with Crippen LogP contribution in [0.3, 0.4) is 0 Å². The molecule has 0 bridgehead atoms. The van der Waals surface area contributed by atoms with Crippen molar-refractivity contribution in [2.75, 3.05) is 6.61 Å². The van der Waals surface area contributed by atoms with Crippen LogP contribution < -0.4 is 4.74 Å². The summed E-state index contributed by atoms with van der Waals surface area (Å²) in [5.41, 5.74) is -1.04. The van der Waals surface area contributed by atoms with Gasteiger partial charge in [-0.15, -0.1) is 0 Å². The molecule has 0 unspecified atom stereocenters. The van der Waals surface area contributed by atoms with Crippen molar-refractivity contribution in [3.05, 3.63) is 76.6 Å². The lowest BCUT2D eigenvalue weighted by molar-refractivity contribution is -0.300. The first kappa shape index (κ1) is 30.3. The van der Waals surface area contributed by atoms with Crippen LogP contribution in [0.1, 0.15) is 86.8 Å². The minimum atomic E-state index is -4.79. The van der Waals surface area contributed by atoms with Gasteiger partial charge in [-0.25, -0.2) is 13.2 Å². The number of ether oxygens (including phenoxy) is 2. The van der Waals surface area contributed by atoms with Crippen molar-refractivity contribution in [1.29, 1.82) is 0 Å². The van der Waals surface area contributed by atoms with E-state index in [1.54, 1.807) is 19.1 Å². The third-order valence-electron chi connectivity index (χ3n) is 8.01. The van der Waals surface area contributed by atoms with E-state index in [-0.39, 0.29) is 62.4 Å². The van der Waals surface area contributed by atoms with Crippen LogP contribution in [0.15, 0.2) is 42.5 Å². The molecule has 40 heavy (non-hydrogen) atoms.